The first-order valence-corrected chi connectivity index (χ1v) is 9.73. The van der Waals surface area contributed by atoms with E-state index >= 15 is 0 Å². The number of hydrogen-bond donors (Lipinski definition) is 1. The first-order chi connectivity index (χ1) is 13.8. The van der Waals surface area contributed by atoms with Crippen LogP contribution in [0.25, 0.3) is 11.3 Å². The molecule has 1 aromatic heterocycles. The number of carbonyl (C=O) groups excluding carboxylic acids is 1. The van der Waals surface area contributed by atoms with Gasteiger partial charge in [-0.05, 0) is 30.5 Å². The van der Waals surface area contributed by atoms with E-state index in [-0.39, 0.29) is 21.3 Å². The van der Waals surface area contributed by atoms with Gasteiger partial charge in [-0.2, -0.15) is 8.78 Å². The lowest BCUT2D eigenvalue weighted by atomic mass is 10.0. The normalized spacial score (nSPS) is 19.9. The number of amides is 1. The Hall–Kier alpha value is -3.06. The van der Waals surface area contributed by atoms with Gasteiger partial charge in [0, 0.05) is 17.5 Å². The third-order valence-corrected chi connectivity index (χ3v) is 5.94. The van der Waals surface area contributed by atoms with Gasteiger partial charge >= 0.3 is 5.92 Å². The highest BCUT2D eigenvalue weighted by Crippen LogP contribution is 2.46. The number of ether oxygens (including phenoxy) is 1. The first-order valence-electron chi connectivity index (χ1n) is 8.91. The topological polar surface area (TPSA) is 88.5 Å². The van der Waals surface area contributed by atoms with Crippen LogP contribution < -0.4 is 10.5 Å². The lowest BCUT2D eigenvalue weighted by Gasteiger charge is -2.17. The Morgan fingerprint density at radius 1 is 1.48 bits per heavy atom. The second kappa shape index (κ2) is 7.08. The molecule has 10 heteroatoms. The molecule has 7 nitrogen and oxygen atoms in total. The van der Waals surface area contributed by atoms with Crippen molar-refractivity contribution in [1.82, 2.24) is 9.99 Å². The molecule has 29 heavy (non-hydrogen) atoms. The fourth-order valence-corrected chi connectivity index (χ4v) is 4.15. The van der Waals surface area contributed by atoms with E-state index in [1.165, 1.54) is 6.07 Å². The summed E-state index contributed by atoms with van der Waals surface area (Å²) in [4.78, 5) is 28.1. The van der Waals surface area contributed by atoms with E-state index in [0.29, 0.717) is 35.4 Å². The zero-order chi connectivity index (χ0) is 20.8. The van der Waals surface area contributed by atoms with E-state index in [4.69, 9.17) is 10.5 Å². The summed E-state index contributed by atoms with van der Waals surface area (Å²) in [5.41, 5.74) is 6.03. The number of nitrogens with zero attached hydrogens (tertiary/aromatic N) is 3. The molecule has 2 aliphatic heterocycles. The fraction of sp³-hybridized carbons (Fsp3) is 0.368. The van der Waals surface area contributed by atoms with Crippen LogP contribution in [-0.4, -0.2) is 47.0 Å². The van der Waals surface area contributed by atoms with E-state index in [9.17, 15) is 18.5 Å². The van der Waals surface area contributed by atoms with Crippen LogP contribution >= 0.6 is 11.3 Å². The van der Waals surface area contributed by atoms with Crippen molar-refractivity contribution >= 4 is 17.2 Å². The van der Waals surface area contributed by atoms with Crippen LogP contribution in [0.5, 0.6) is 5.75 Å². The molecule has 0 radical (unpaired) electrons. The number of carbonyl (C=O) groups is 1. The maximum Gasteiger partial charge on any atom is 0.317 e. The number of hydrazine groups is 1. The third kappa shape index (κ3) is 3.53. The first kappa shape index (κ1) is 19.3. The van der Waals surface area contributed by atoms with Gasteiger partial charge in [-0.15, -0.1) is 16.3 Å². The largest absolute Gasteiger partial charge is 0.486 e. The number of halogens is 2. The monoisotopic (exact) mass is 419 g/mol. The van der Waals surface area contributed by atoms with Crippen LogP contribution in [0.15, 0.2) is 18.2 Å². The van der Waals surface area contributed by atoms with Gasteiger partial charge in [0.1, 0.15) is 15.5 Å². The van der Waals surface area contributed by atoms with E-state index in [2.05, 4.69) is 16.8 Å². The van der Waals surface area contributed by atoms with Gasteiger partial charge in [-0.3, -0.25) is 4.79 Å². The van der Waals surface area contributed by atoms with Gasteiger partial charge in [0.05, 0.1) is 24.2 Å². The van der Waals surface area contributed by atoms with Crippen molar-refractivity contribution in [2.45, 2.75) is 24.8 Å². The highest BCUT2D eigenvalue weighted by atomic mass is 32.1. The van der Waals surface area contributed by atoms with Crippen LogP contribution in [0.4, 0.5) is 8.78 Å². The molecule has 2 aromatic rings. The molecule has 1 saturated heterocycles. The molecule has 0 spiro atoms. The number of alkyl halides is 2. The number of benzene rings is 1. The summed E-state index contributed by atoms with van der Waals surface area (Å²) >= 11 is 0.565. The molecule has 0 aliphatic carbocycles. The predicted octanol–water partition coefficient (Wildman–Crippen LogP) is 2.53. The Morgan fingerprint density at radius 3 is 3.03 bits per heavy atom. The minimum atomic E-state index is -3.30. The number of nitroso groups, excluding NO2 is 1. The Balaban J connectivity index is 1.75. The zero-order valence-corrected chi connectivity index (χ0v) is 16.3. The van der Waals surface area contributed by atoms with E-state index < -0.39 is 24.5 Å². The van der Waals surface area contributed by atoms with E-state index in [1.807, 2.05) is 0 Å². The van der Waals surface area contributed by atoms with Crippen LogP contribution in [-0.2, 0) is 5.92 Å². The SMILES string of the molecule is CN1CCC[C@H](C#Cc2ccc3c(c2)-c2nc(C(N)=O)sc2C(F)(F)CO3)[N+]1=O. The van der Waals surface area contributed by atoms with Crippen LogP contribution in [0.2, 0.25) is 0 Å². The van der Waals surface area contributed by atoms with Crippen molar-refractivity contribution < 1.29 is 23.2 Å². The minimum Gasteiger partial charge on any atom is -0.486 e. The highest BCUT2D eigenvalue weighted by molar-refractivity contribution is 7.14. The van der Waals surface area contributed by atoms with Crippen LogP contribution in [0.3, 0.4) is 0 Å². The Morgan fingerprint density at radius 2 is 2.28 bits per heavy atom. The maximum atomic E-state index is 14.5. The molecular weight excluding hydrogens is 402 g/mol. The van der Waals surface area contributed by atoms with Gasteiger partial charge in [0.2, 0.25) is 0 Å². The standard InChI is InChI=1S/C19H16F2N4O3S/c1-24-8-2-3-12(25(24)27)6-4-11-5-7-14-13(9-11)15-16(19(20,21)10-28-14)29-18(23-15)17(22)26/h5,7,9,12H,2-3,8,10H2,1H3,(H-,22,26)/p+1/t12-/m1/s1. The van der Waals surface area contributed by atoms with Crippen LogP contribution in [0.1, 0.15) is 33.1 Å². The predicted molar refractivity (Wildman–Crippen MR) is 102 cm³/mol. The molecule has 1 amide bonds. The highest BCUT2D eigenvalue weighted by Gasteiger charge is 2.42. The molecule has 1 aromatic carbocycles. The van der Waals surface area contributed by atoms with Crippen molar-refractivity contribution in [3.05, 3.63) is 38.6 Å². The third-order valence-electron chi connectivity index (χ3n) is 4.76. The molecule has 2 aliphatic rings. The average molecular weight is 419 g/mol. The smallest absolute Gasteiger partial charge is 0.317 e. The molecule has 0 saturated carbocycles. The number of hydrogen-bond acceptors (Lipinski definition) is 5. The number of primary amides is 1. The quantitative estimate of drug-likeness (QED) is 0.567. The fourth-order valence-electron chi connectivity index (χ4n) is 3.26. The van der Waals surface area contributed by atoms with E-state index in [1.54, 1.807) is 24.2 Å². The van der Waals surface area contributed by atoms with Crippen LogP contribution in [0, 0.1) is 16.7 Å². The zero-order valence-electron chi connectivity index (χ0n) is 15.4. The van der Waals surface area contributed by atoms with Gasteiger partial charge in [-0.25, -0.2) is 4.98 Å². The van der Waals surface area contributed by atoms with Gasteiger partial charge in [-0.1, -0.05) is 5.92 Å². The van der Waals surface area contributed by atoms with Gasteiger partial charge in [0.15, 0.2) is 11.6 Å². The number of nitrogens with two attached hydrogens (primary N) is 1. The molecule has 0 unspecified atom stereocenters. The Bertz CT molecular complexity index is 1070. The molecule has 2 N–H and O–H groups in total. The lowest BCUT2D eigenvalue weighted by molar-refractivity contribution is -0.728. The molecule has 3 heterocycles. The molecule has 0 bridgehead atoms. The number of aromatic nitrogens is 1. The molecule has 4 rings (SSSR count). The molecule has 1 atom stereocenters. The summed E-state index contributed by atoms with van der Waals surface area (Å²) in [6.07, 6.45) is 1.51. The number of rotatable bonds is 1. The van der Waals surface area contributed by atoms with Crippen molar-refractivity contribution in [2.24, 2.45) is 5.73 Å². The van der Waals surface area contributed by atoms with Crippen molar-refractivity contribution in [1.29, 1.82) is 0 Å². The maximum absolute atomic E-state index is 14.5. The lowest BCUT2D eigenvalue weighted by Crippen LogP contribution is -2.41. The van der Waals surface area contributed by atoms with Crippen molar-refractivity contribution in [3.63, 3.8) is 0 Å². The number of thiazole rings is 1. The van der Waals surface area contributed by atoms with Gasteiger partial charge < -0.3 is 10.5 Å². The summed E-state index contributed by atoms with van der Waals surface area (Å²) in [5, 5.41) is 1.38. The average Bonchev–Trinajstić information content (AvgIpc) is 3.11. The summed E-state index contributed by atoms with van der Waals surface area (Å²) in [6, 6.07) is 4.28. The molecule has 150 valence electrons. The second-order valence-corrected chi connectivity index (χ2v) is 7.88. The molecular formula is C19H17F2N4O3S+. The van der Waals surface area contributed by atoms with Gasteiger partial charge in [0.25, 0.3) is 11.9 Å². The Labute approximate surface area is 169 Å². The summed E-state index contributed by atoms with van der Waals surface area (Å²) in [6.45, 7) is -0.182. The van der Waals surface area contributed by atoms with Crippen molar-refractivity contribution in [3.8, 4) is 28.8 Å². The summed E-state index contributed by atoms with van der Waals surface area (Å²) in [7, 11) is 1.71. The van der Waals surface area contributed by atoms with Crippen molar-refractivity contribution in [2.75, 3.05) is 20.2 Å². The van der Waals surface area contributed by atoms with E-state index in [0.717, 1.165) is 11.3 Å². The summed E-state index contributed by atoms with van der Waals surface area (Å²) < 4.78 is 34.3. The summed E-state index contributed by atoms with van der Waals surface area (Å²) in [5.74, 6) is 1.93. The Kier molecular flexibility index (Phi) is 4.70. The minimum absolute atomic E-state index is 0.0344. The number of fused-ring (bicyclic) bond motifs is 3. The second-order valence-electron chi connectivity index (χ2n) is 6.88. The molecule has 1 fully saturated rings.